The predicted molar refractivity (Wildman–Crippen MR) is 76.4 cm³/mol. The van der Waals surface area contributed by atoms with Crippen LogP contribution in [0.2, 0.25) is 0 Å². The molecule has 4 atom stereocenters. The standard InChI is InChI=1S/C12H18N4O5S/c1-22(19,20)16-10-9(6-4-5-21-11(6)10)13-12(18)7-2-3-8(17)15-14-7/h6,9-11,16H,2-5H2,1H3,(H,13,18)(H,15,17)/t6-,9+,10-,11-/m1/s1. The molecule has 1 aliphatic carbocycles. The van der Waals surface area contributed by atoms with Crippen molar-refractivity contribution in [3.63, 3.8) is 0 Å². The van der Waals surface area contributed by atoms with Crippen molar-refractivity contribution >= 4 is 27.5 Å². The van der Waals surface area contributed by atoms with E-state index in [0.717, 1.165) is 12.7 Å². The Morgan fingerprint density at radius 2 is 2.14 bits per heavy atom. The van der Waals surface area contributed by atoms with Crippen LogP contribution in [0.5, 0.6) is 0 Å². The second kappa shape index (κ2) is 5.60. The largest absolute Gasteiger partial charge is 0.376 e. The van der Waals surface area contributed by atoms with Crippen molar-refractivity contribution in [2.45, 2.75) is 37.5 Å². The zero-order valence-corrected chi connectivity index (χ0v) is 12.9. The monoisotopic (exact) mass is 330 g/mol. The number of carbonyl (C=O) groups is 2. The summed E-state index contributed by atoms with van der Waals surface area (Å²) in [6.45, 7) is 0.556. The number of amides is 2. The molecule has 0 aromatic heterocycles. The molecule has 22 heavy (non-hydrogen) atoms. The van der Waals surface area contributed by atoms with Crippen molar-refractivity contribution < 1.29 is 22.7 Å². The normalized spacial score (nSPS) is 34.2. The van der Waals surface area contributed by atoms with E-state index in [1.165, 1.54) is 0 Å². The second-order valence-electron chi connectivity index (χ2n) is 5.80. The van der Waals surface area contributed by atoms with Gasteiger partial charge in [-0.2, -0.15) is 5.10 Å². The Morgan fingerprint density at radius 1 is 1.36 bits per heavy atom. The van der Waals surface area contributed by atoms with Crippen LogP contribution in [-0.4, -0.2) is 57.0 Å². The van der Waals surface area contributed by atoms with Gasteiger partial charge >= 0.3 is 0 Å². The van der Waals surface area contributed by atoms with Crippen LogP contribution < -0.4 is 15.5 Å². The predicted octanol–water partition coefficient (Wildman–Crippen LogP) is -1.93. The van der Waals surface area contributed by atoms with Gasteiger partial charge in [-0.3, -0.25) is 9.59 Å². The quantitative estimate of drug-likeness (QED) is 0.554. The van der Waals surface area contributed by atoms with Crippen LogP contribution in [0.4, 0.5) is 0 Å². The molecule has 1 saturated carbocycles. The summed E-state index contributed by atoms with van der Waals surface area (Å²) >= 11 is 0. The molecular formula is C12H18N4O5S. The third-order valence-electron chi connectivity index (χ3n) is 4.20. The first-order valence-corrected chi connectivity index (χ1v) is 8.99. The average Bonchev–Trinajstić information content (AvgIpc) is 2.87. The maximum atomic E-state index is 12.2. The van der Waals surface area contributed by atoms with Gasteiger partial charge in [0.1, 0.15) is 5.71 Å². The third kappa shape index (κ3) is 2.99. The smallest absolute Gasteiger partial charge is 0.267 e. The summed E-state index contributed by atoms with van der Waals surface area (Å²) in [5.74, 6) is -0.501. The summed E-state index contributed by atoms with van der Waals surface area (Å²) in [6, 6.07) is -0.791. The molecule has 1 saturated heterocycles. The number of nitrogens with zero attached hydrogens (tertiary/aromatic N) is 1. The molecule has 10 heteroatoms. The number of ether oxygens (including phenoxy) is 1. The van der Waals surface area contributed by atoms with Gasteiger partial charge < -0.3 is 10.1 Å². The maximum Gasteiger partial charge on any atom is 0.267 e. The Labute approximate surface area is 127 Å². The average molecular weight is 330 g/mol. The van der Waals surface area contributed by atoms with Crippen molar-refractivity contribution in [3.05, 3.63) is 0 Å². The lowest BCUT2D eigenvalue weighted by molar-refractivity contribution is -0.121. The summed E-state index contributed by atoms with van der Waals surface area (Å²) in [7, 11) is -3.39. The first kappa shape index (κ1) is 15.4. The van der Waals surface area contributed by atoms with E-state index < -0.39 is 16.1 Å². The van der Waals surface area contributed by atoms with Gasteiger partial charge in [-0.15, -0.1) is 0 Å². The summed E-state index contributed by atoms with van der Waals surface area (Å²) in [6.07, 6.45) is 2.15. The van der Waals surface area contributed by atoms with Gasteiger partial charge in [0.05, 0.1) is 24.4 Å². The molecule has 0 radical (unpaired) electrons. The number of hydrogen-bond acceptors (Lipinski definition) is 6. The third-order valence-corrected chi connectivity index (χ3v) is 4.90. The van der Waals surface area contributed by atoms with Gasteiger partial charge in [-0.05, 0) is 6.42 Å². The van der Waals surface area contributed by atoms with Crippen molar-refractivity contribution in [2.75, 3.05) is 12.9 Å². The van der Waals surface area contributed by atoms with E-state index in [0.29, 0.717) is 6.61 Å². The van der Waals surface area contributed by atoms with E-state index >= 15 is 0 Å². The molecule has 0 spiro atoms. The number of carbonyl (C=O) groups excluding carboxylic acids is 2. The second-order valence-corrected chi connectivity index (χ2v) is 7.58. The molecule has 0 unspecified atom stereocenters. The van der Waals surface area contributed by atoms with Crippen LogP contribution in [0.25, 0.3) is 0 Å². The van der Waals surface area contributed by atoms with Crippen molar-refractivity contribution in [1.29, 1.82) is 0 Å². The highest BCUT2D eigenvalue weighted by atomic mass is 32.2. The van der Waals surface area contributed by atoms with Gasteiger partial charge in [0.15, 0.2) is 0 Å². The Bertz CT molecular complexity index is 631. The van der Waals surface area contributed by atoms with E-state index in [1.807, 2.05) is 0 Å². The molecule has 122 valence electrons. The number of hydrazone groups is 1. The van der Waals surface area contributed by atoms with E-state index in [1.54, 1.807) is 0 Å². The topological polar surface area (TPSA) is 126 Å². The molecule has 2 heterocycles. The minimum atomic E-state index is -3.39. The Balaban J connectivity index is 1.67. The van der Waals surface area contributed by atoms with Gasteiger partial charge in [-0.25, -0.2) is 18.6 Å². The molecule has 0 aromatic carbocycles. The highest BCUT2D eigenvalue weighted by Gasteiger charge is 2.55. The summed E-state index contributed by atoms with van der Waals surface area (Å²) in [5.41, 5.74) is 2.52. The van der Waals surface area contributed by atoms with E-state index in [-0.39, 0.29) is 48.4 Å². The highest BCUT2D eigenvalue weighted by molar-refractivity contribution is 7.88. The van der Waals surface area contributed by atoms with Gasteiger partial charge in [0.2, 0.25) is 15.9 Å². The lowest BCUT2D eigenvalue weighted by atomic mass is 9.72. The van der Waals surface area contributed by atoms with Crippen molar-refractivity contribution in [2.24, 2.45) is 11.0 Å². The number of rotatable bonds is 4. The minimum absolute atomic E-state index is 0.0991. The molecule has 9 nitrogen and oxygen atoms in total. The molecule has 3 N–H and O–H groups in total. The molecule has 3 rings (SSSR count). The molecule has 0 bridgehead atoms. The molecule has 3 aliphatic rings. The Hall–Kier alpha value is -1.52. The summed E-state index contributed by atoms with van der Waals surface area (Å²) in [5, 5.41) is 6.56. The van der Waals surface area contributed by atoms with Gasteiger partial charge in [0, 0.05) is 25.4 Å². The molecule has 0 aromatic rings. The number of nitrogens with one attached hydrogen (secondary N) is 3. The Morgan fingerprint density at radius 3 is 2.77 bits per heavy atom. The summed E-state index contributed by atoms with van der Waals surface area (Å²) < 4.78 is 30.9. The first-order valence-electron chi connectivity index (χ1n) is 7.10. The van der Waals surface area contributed by atoms with Crippen LogP contribution in [0.15, 0.2) is 5.10 Å². The number of hydrogen-bond donors (Lipinski definition) is 3. The zero-order chi connectivity index (χ0) is 15.9. The molecule has 2 fully saturated rings. The van der Waals surface area contributed by atoms with Crippen LogP contribution >= 0.6 is 0 Å². The van der Waals surface area contributed by atoms with Gasteiger partial charge in [0.25, 0.3) is 5.91 Å². The van der Waals surface area contributed by atoms with Gasteiger partial charge in [-0.1, -0.05) is 0 Å². The van der Waals surface area contributed by atoms with Crippen molar-refractivity contribution in [1.82, 2.24) is 15.5 Å². The zero-order valence-electron chi connectivity index (χ0n) is 12.0. The van der Waals surface area contributed by atoms with Crippen LogP contribution in [0.1, 0.15) is 19.3 Å². The Kier molecular flexibility index (Phi) is 3.91. The van der Waals surface area contributed by atoms with Crippen molar-refractivity contribution in [3.8, 4) is 0 Å². The van der Waals surface area contributed by atoms with Crippen LogP contribution in [-0.2, 0) is 24.3 Å². The molecule has 2 aliphatic heterocycles. The fraction of sp³-hybridized carbons (Fsp3) is 0.750. The fourth-order valence-corrected chi connectivity index (χ4v) is 3.94. The van der Waals surface area contributed by atoms with E-state index in [9.17, 15) is 18.0 Å². The SMILES string of the molecule is CS(=O)(=O)N[C@@H]1[C@@H](NC(=O)C2=NNC(=O)CC2)[C@H]2CCO[C@H]21. The maximum absolute atomic E-state index is 12.2. The lowest BCUT2D eigenvalue weighted by Gasteiger charge is -2.47. The highest BCUT2D eigenvalue weighted by Crippen LogP contribution is 2.39. The van der Waals surface area contributed by atoms with Crippen LogP contribution in [0, 0.1) is 5.92 Å². The first-order chi connectivity index (χ1) is 10.3. The summed E-state index contributed by atoms with van der Waals surface area (Å²) in [4.78, 5) is 23.2. The molecular weight excluding hydrogens is 312 g/mol. The number of fused-ring (bicyclic) bond motifs is 1. The van der Waals surface area contributed by atoms with E-state index in [2.05, 4.69) is 20.6 Å². The minimum Gasteiger partial charge on any atom is -0.376 e. The fourth-order valence-electron chi connectivity index (χ4n) is 3.16. The lowest BCUT2D eigenvalue weighted by Crippen LogP contribution is -2.71. The molecule has 2 amide bonds. The van der Waals surface area contributed by atoms with Crippen LogP contribution in [0.3, 0.4) is 0 Å². The number of sulfonamides is 1. The van der Waals surface area contributed by atoms with E-state index in [4.69, 9.17) is 4.74 Å².